The lowest BCUT2D eigenvalue weighted by Gasteiger charge is -2.23. The second kappa shape index (κ2) is 8.33. The molecule has 0 amide bonds. The summed E-state index contributed by atoms with van der Waals surface area (Å²) >= 11 is 0. The Kier molecular flexibility index (Phi) is 6.20. The lowest BCUT2D eigenvalue weighted by atomic mass is 10.2. The van der Waals surface area contributed by atoms with E-state index in [1.165, 1.54) is 29.6 Å². The van der Waals surface area contributed by atoms with Gasteiger partial charge in [-0.1, -0.05) is 12.1 Å². The molecule has 9 nitrogen and oxygen atoms in total. The van der Waals surface area contributed by atoms with Gasteiger partial charge in [0.15, 0.2) is 5.76 Å². The van der Waals surface area contributed by atoms with Gasteiger partial charge in [-0.05, 0) is 38.3 Å². The van der Waals surface area contributed by atoms with E-state index in [1.807, 2.05) is 0 Å². The number of anilines is 1. The molecule has 0 bridgehead atoms. The maximum Gasteiger partial charge on any atom is 0.247 e. The highest BCUT2D eigenvalue weighted by molar-refractivity contribution is 7.92. The number of aryl methyl sites for hydroxylation is 1. The molecule has 1 aliphatic heterocycles. The van der Waals surface area contributed by atoms with Gasteiger partial charge in [0.05, 0.1) is 30.3 Å². The van der Waals surface area contributed by atoms with Crippen LogP contribution < -0.4 is 9.46 Å². The molecule has 1 aromatic carbocycles. The average molecular weight is 444 g/mol. The first-order valence-corrected chi connectivity index (χ1v) is 12.4. The zero-order valence-corrected chi connectivity index (χ0v) is 18.2. The number of hydrogen-bond donors (Lipinski definition) is 1. The van der Waals surface area contributed by atoms with Crippen molar-refractivity contribution in [2.45, 2.75) is 44.0 Å². The summed E-state index contributed by atoms with van der Waals surface area (Å²) in [6.45, 7) is 3.89. The maximum atomic E-state index is 13.3. The standard InChI is InChI=1S/C18H25N3O6S2/c1-4-10-28(22,23)20-14-7-8-18(17(12-14)26-3)29(24,25)21-9-5-6-15(21)16-11-13(2)19-27-16/h7-8,11-12,15,20H,4-6,9-10H2,1-3H3. The first kappa shape index (κ1) is 21.6. The van der Waals surface area contributed by atoms with Crippen molar-refractivity contribution in [3.8, 4) is 5.75 Å². The van der Waals surface area contributed by atoms with Crippen LogP contribution in [0.3, 0.4) is 0 Å². The predicted molar refractivity (Wildman–Crippen MR) is 108 cm³/mol. The van der Waals surface area contributed by atoms with Crippen LogP contribution in [-0.2, 0) is 20.0 Å². The van der Waals surface area contributed by atoms with E-state index in [1.54, 1.807) is 19.9 Å². The predicted octanol–water partition coefficient (Wildman–Crippen LogP) is 2.67. The molecule has 29 heavy (non-hydrogen) atoms. The van der Waals surface area contributed by atoms with Crippen molar-refractivity contribution in [3.63, 3.8) is 0 Å². The third-order valence-electron chi connectivity index (χ3n) is 4.67. The molecule has 0 radical (unpaired) electrons. The molecule has 2 heterocycles. The van der Waals surface area contributed by atoms with Crippen LogP contribution >= 0.6 is 0 Å². The summed E-state index contributed by atoms with van der Waals surface area (Å²) in [6.07, 6.45) is 1.79. The number of rotatable bonds is 8. The Morgan fingerprint density at radius 2 is 2.03 bits per heavy atom. The fourth-order valence-corrected chi connectivity index (χ4v) is 6.35. The number of hydrogen-bond acceptors (Lipinski definition) is 7. The van der Waals surface area contributed by atoms with Gasteiger partial charge in [-0.15, -0.1) is 0 Å². The van der Waals surface area contributed by atoms with E-state index in [0.29, 0.717) is 37.3 Å². The van der Waals surface area contributed by atoms with E-state index < -0.39 is 26.1 Å². The minimum atomic E-state index is -3.90. The van der Waals surface area contributed by atoms with Crippen molar-refractivity contribution < 1.29 is 26.1 Å². The lowest BCUT2D eigenvalue weighted by molar-refractivity contribution is 0.296. The quantitative estimate of drug-likeness (QED) is 0.666. The van der Waals surface area contributed by atoms with Crippen molar-refractivity contribution in [3.05, 3.63) is 35.7 Å². The van der Waals surface area contributed by atoms with Crippen LogP contribution in [-0.4, -0.2) is 45.7 Å². The molecule has 0 aliphatic carbocycles. The molecule has 3 rings (SSSR count). The molecule has 1 fully saturated rings. The molecule has 1 aromatic heterocycles. The summed E-state index contributed by atoms with van der Waals surface area (Å²) in [6, 6.07) is 5.46. The van der Waals surface area contributed by atoms with Gasteiger partial charge >= 0.3 is 0 Å². The highest BCUT2D eigenvalue weighted by atomic mass is 32.2. The zero-order chi connectivity index (χ0) is 21.2. The molecular formula is C18H25N3O6S2. The molecule has 160 valence electrons. The summed E-state index contributed by atoms with van der Waals surface area (Å²) in [5, 5.41) is 3.86. The van der Waals surface area contributed by atoms with Gasteiger partial charge in [-0.25, -0.2) is 16.8 Å². The third-order valence-corrected chi connectivity index (χ3v) is 8.11. The Balaban J connectivity index is 1.94. The second-order valence-corrected chi connectivity index (χ2v) is 10.6. The molecule has 1 atom stereocenters. The van der Waals surface area contributed by atoms with Crippen LogP contribution in [0, 0.1) is 6.92 Å². The number of nitrogens with one attached hydrogen (secondary N) is 1. The first-order valence-electron chi connectivity index (χ1n) is 9.31. The minimum absolute atomic E-state index is 0.0263. The lowest BCUT2D eigenvalue weighted by Crippen LogP contribution is -2.31. The minimum Gasteiger partial charge on any atom is -0.495 e. The molecule has 0 spiro atoms. The summed E-state index contributed by atoms with van der Waals surface area (Å²) in [7, 11) is -6.05. The summed E-state index contributed by atoms with van der Waals surface area (Å²) < 4.78 is 65.1. The van der Waals surface area contributed by atoms with E-state index >= 15 is 0 Å². The van der Waals surface area contributed by atoms with Gasteiger partial charge < -0.3 is 9.26 Å². The third kappa shape index (κ3) is 4.57. The van der Waals surface area contributed by atoms with Gasteiger partial charge in [0.25, 0.3) is 0 Å². The Morgan fingerprint density at radius 1 is 1.28 bits per heavy atom. The van der Waals surface area contributed by atoms with E-state index in [2.05, 4.69) is 9.88 Å². The largest absolute Gasteiger partial charge is 0.495 e. The molecule has 11 heteroatoms. The van der Waals surface area contributed by atoms with Crippen LogP contribution in [0.2, 0.25) is 0 Å². The number of sulfonamides is 2. The topological polar surface area (TPSA) is 119 Å². The van der Waals surface area contributed by atoms with Crippen LogP contribution in [0.15, 0.2) is 33.7 Å². The van der Waals surface area contributed by atoms with Crippen molar-refractivity contribution in [2.24, 2.45) is 0 Å². The number of nitrogens with zero attached hydrogens (tertiary/aromatic N) is 2. The van der Waals surface area contributed by atoms with Gasteiger partial charge in [0.2, 0.25) is 20.0 Å². The molecule has 1 aliphatic rings. The molecule has 1 N–H and O–H groups in total. The summed E-state index contributed by atoms with van der Waals surface area (Å²) in [5.74, 6) is 0.550. The number of methoxy groups -OCH3 is 1. The van der Waals surface area contributed by atoms with Crippen molar-refractivity contribution in [1.29, 1.82) is 0 Å². The van der Waals surface area contributed by atoms with Crippen LogP contribution in [0.25, 0.3) is 0 Å². The Labute approximate surface area is 171 Å². The van der Waals surface area contributed by atoms with E-state index in [0.717, 1.165) is 0 Å². The molecular weight excluding hydrogens is 418 g/mol. The summed E-state index contributed by atoms with van der Waals surface area (Å²) in [5.41, 5.74) is 0.934. The van der Waals surface area contributed by atoms with Crippen LogP contribution in [0.4, 0.5) is 5.69 Å². The van der Waals surface area contributed by atoms with Gasteiger partial charge in [0, 0.05) is 18.7 Å². The Hall–Kier alpha value is -2.11. The fourth-order valence-electron chi connectivity index (χ4n) is 3.42. The average Bonchev–Trinajstić information content (AvgIpc) is 3.30. The normalized spacial score (nSPS) is 18.1. The Bertz CT molecular complexity index is 1080. The molecule has 1 unspecified atom stereocenters. The number of aromatic nitrogens is 1. The van der Waals surface area contributed by atoms with Crippen LogP contribution in [0.5, 0.6) is 5.75 Å². The number of ether oxygens (including phenoxy) is 1. The van der Waals surface area contributed by atoms with Gasteiger partial charge in [0.1, 0.15) is 10.6 Å². The van der Waals surface area contributed by atoms with Gasteiger partial charge in [-0.2, -0.15) is 4.31 Å². The fraction of sp³-hybridized carbons (Fsp3) is 0.500. The smallest absolute Gasteiger partial charge is 0.247 e. The number of benzene rings is 1. The van der Waals surface area contributed by atoms with Crippen molar-refractivity contribution in [1.82, 2.24) is 9.46 Å². The molecule has 0 saturated carbocycles. The van der Waals surface area contributed by atoms with Crippen molar-refractivity contribution >= 4 is 25.7 Å². The molecule has 1 saturated heterocycles. The van der Waals surface area contributed by atoms with E-state index in [4.69, 9.17) is 9.26 Å². The van der Waals surface area contributed by atoms with E-state index in [-0.39, 0.29) is 22.1 Å². The van der Waals surface area contributed by atoms with E-state index in [9.17, 15) is 16.8 Å². The molecule has 2 aromatic rings. The zero-order valence-electron chi connectivity index (χ0n) is 16.6. The first-order chi connectivity index (χ1) is 13.7. The SMILES string of the molecule is CCCS(=O)(=O)Nc1ccc(S(=O)(=O)N2CCCC2c2cc(C)no2)c(OC)c1. The van der Waals surface area contributed by atoms with Crippen molar-refractivity contribution in [2.75, 3.05) is 24.1 Å². The van der Waals surface area contributed by atoms with Gasteiger partial charge in [-0.3, -0.25) is 4.72 Å². The Morgan fingerprint density at radius 3 is 2.66 bits per heavy atom. The highest BCUT2D eigenvalue weighted by Gasteiger charge is 2.39. The maximum absolute atomic E-state index is 13.3. The van der Waals surface area contributed by atoms with Crippen LogP contribution in [0.1, 0.15) is 43.7 Å². The highest BCUT2D eigenvalue weighted by Crippen LogP contribution is 2.39. The second-order valence-electron chi connectivity index (χ2n) is 6.93. The summed E-state index contributed by atoms with van der Waals surface area (Å²) in [4.78, 5) is -0.0263. The monoisotopic (exact) mass is 443 g/mol.